The number of amides is 1. The van der Waals surface area contributed by atoms with Crippen LogP contribution in [0.1, 0.15) is 5.56 Å². The van der Waals surface area contributed by atoms with Gasteiger partial charge in [-0.15, -0.1) is 0 Å². The summed E-state index contributed by atoms with van der Waals surface area (Å²) in [7, 11) is 0. The zero-order valence-electron chi connectivity index (χ0n) is 11.0. The van der Waals surface area contributed by atoms with Gasteiger partial charge in [0.15, 0.2) is 0 Å². The second kappa shape index (κ2) is 5.21. The molecule has 3 aromatic rings. The summed E-state index contributed by atoms with van der Waals surface area (Å²) >= 11 is 0. The van der Waals surface area contributed by atoms with E-state index in [-0.39, 0.29) is 0 Å². The molecule has 0 aliphatic carbocycles. The Morgan fingerprint density at radius 1 is 0.950 bits per heavy atom. The summed E-state index contributed by atoms with van der Waals surface area (Å²) in [4.78, 5) is 10.7. The van der Waals surface area contributed by atoms with Gasteiger partial charge in [0.25, 0.3) is 0 Å². The van der Waals surface area contributed by atoms with Crippen molar-refractivity contribution in [3.8, 4) is 0 Å². The Balaban J connectivity index is 2.15. The highest BCUT2D eigenvalue weighted by molar-refractivity contribution is 6.02. The van der Waals surface area contributed by atoms with Crippen molar-refractivity contribution in [2.75, 3.05) is 6.61 Å². The van der Waals surface area contributed by atoms with E-state index in [2.05, 4.69) is 30.3 Å². The van der Waals surface area contributed by atoms with Crippen LogP contribution in [-0.2, 0) is 11.2 Å². The Morgan fingerprint density at radius 3 is 2.05 bits per heavy atom. The van der Waals surface area contributed by atoms with Crippen LogP contribution in [0.4, 0.5) is 4.79 Å². The Bertz CT molecular complexity index is 726. The van der Waals surface area contributed by atoms with Gasteiger partial charge in [-0.2, -0.15) is 0 Å². The number of carbonyl (C=O) groups excluding carboxylic acids is 1. The molecule has 0 aliphatic heterocycles. The molecule has 2 N–H and O–H groups in total. The van der Waals surface area contributed by atoms with Crippen LogP contribution in [0.25, 0.3) is 21.5 Å². The minimum atomic E-state index is -0.727. The molecule has 0 atom stereocenters. The maximum absolute atomic E-state index is 10.7. The highest BCUT2D eigenvalue weighted by atomic mass is 16.5. The molecule has 0 saturated heterocycles. The molecule has 0 fully saturated rings. The number of carbonyl (C=O) groups is 1. The average Bonchev–Trinajstić information content (AvgIpc) is 2.46. The number of ether oxygens (including phenoxy) is 1. The first-order valence-corrected chi connectivity index (χ1v) is 6.57. The molecule has 3 aromatic carbocycles. The van der Waals surface area contributed by atoms with Crippen LogP contribution in [0.3, 0.4) is 0 Å². The van der Waals surface area contributed by atoms with E-state index in [1.807, 2.05) is 24.3 Å². The minimum absolute atomic E-state index is 0.299. The summed E-state index contributed by atoms with van der Waals surface area (Å²) in [5.74, 6) is 0. The fourth-order valence-corrected chi connectivity index (χ4v) is 2.63. The lowest BCUT2D eigenvalue weighted by molar-refractivity contribution is 0.158. The molecule has 0 spiro atoms. The molecule has 20 heavy (non-hydrogen) atoms. The number of rotatable bonds is 3. The average molecular weight is 265 g/mol. The first-order valence-electron chi connectivity index (χ1n) is 6.57. The van der Waals surface area contributed by atoms with Crippen LogP contribution in [0.5, 0.6) is 0 Å². The summed E-state index contributed by atoms with van der Waals surface area (Å²) in [6, 6.07) is 18.7. The van der Waals surface area contributed by atoms with Gasteiger partial charge in [0.2, 0.25) is 0 Å². The lowest BCUT2D eigenvalue weighted by Crippen LogP contribution is -2.14. The minimum Gasteiger partial charge on any atom is -0.449 e. The zero-order valence-corrected chi connectivity index (χ0v) is 11.0. The fourth-order valence-electron chi connectivity index (χ4n) is 2.63. The number of nitrogens with two attached hydrogens (primary N) is 1. The van der Waals surface area contributed by atoms with E-state index in [0.717, 1.165) is 0 Å². The number of hydrogen-bond donors (Lipinski definition) is 1. The molecule has 0 heterocycles. The molecule has 0 bridgehead atoms. The highest BCUT2D eigenvalue weighted by Crippen LogP contribution is 2.28. The smallest absolute Gasteiger partial charge is 0.404 e. The van der Waals surface area contributed by atoms with Crippen LogP contribution in [-0.4, -0.2) is 12.7 Å². The Labute approximate surface area is 117 Å². The third-order valence-corrected chi connectivity index (χ3v) is 3.48. The molecular weight excluding hydrogens is 250 g/mol. The fraction of sp³-hybridized carbons (Fsp3) is 0.118. The maximum Gasteiger partial charge on any atom is 0.404 e. The third-order valence-electron chi connectivity index (χ3n) is 3.48. The van der Waals surface area contributed by atoms with Crippen molar-refractivity contribution >= 4 is 27.6 Å². The van der Waals surface area contributed by atoms with E-state index in [1.54, 1.807) is 0 Å². The van der Waals surface area contributed by atoms with Crippen molar-refractivity contribution in [3.05, 3.63) is 60.2 Å². The maximum atomic E-state index is 10.7. The predicted molar refractivity (Wildman–Crippen MR) is 80.7 cm³/mol. The zero-order chi connectivity index (χ0) is 13.9. The number of fused-ring (bicyclic) bond motifs is 2. The van der Waals surface area contributed by atoms with E-state index in [1.165, 1.54) is 27.1 Å². The van der Waals surface area contributed by atoms with Crippen LogP contribution in [0.15, 0.2) is 54.6 Å². The number of primary amides is 1. The second-order valence-corrected chi connectivity index (χ2v) is 4.71. The largest absolute Gasteiger partial charge is 0.449 e. The van der Waals surface area contributed by atoms with Crippen molar-refractivity contribution in [2.24, 2.45) is 5.73 Å². The van der Waals surface area contributed by atoms with Gasteiger partial charge in [-0.1, -0.05) is 48.5 Å². The van der Waals surface area contributed by atoms with Crippen molar-refractivity contribution in [2.45, 2.75) is 6.42 Å². The lowest BCUT2D eigenvalue weighted by atomic mass is 9.95. The summed E-state index contributed by atoms with van der Waals surface area (Å²) in [6.07, 6.45) is -0.0697. The third kappa shape index (κ3) is 2.30. The van der Waals surface area contributed by atoms with Crippen LogP contribution in [0, 0.1) is 0 Å². The normalized spacial score (nSPS) is 10.8. The van der Waals surface area contributed by atoms with E-state index < -0.39 is 6.09 Å². The Morgan fingerprint density at radius 2 is 1.50 bits per heavy atom. The summed E-state index contributed by atoms with van der Waals surface area (Å²) in [6.45, 7) is 0.299. The van der Waals surface area contributed by atoms with Gasteiger partial charge in [0.05, 0.1) is 6.61 Å². The molecule has 3 heteroatoms. The molecule has 3 nitrogen and oxygen atoms in total. The number of benzene rings is 3. The van der Waals surface area contributed by atoms with Gasteiger partial charge in [-0.25, -0.2) is 4.79 Å². The van der Waals surface area contributed by atoms with Crippen LogP contribution >= 0.6 is 0 Å². The SMILES string of the molecule is NC(=O)OCCc1c2ccccc2cc2ccccc12. The van der Waals surface area contributed by atoms with Crippen molar-refractivity contribution in [1.29, 1.82) is 0 Å². The predicted octanol–water partition coefficient (Wildman–Crippen LogP) is 3.63. The molecule has 0 aliphatic rings. The molecule has 0 radical (unpaired) electrons. The van der Waals surface area contributed by atoms with Crippen LogP contribution in [0.2, 0.25) is 0 Å². The standard InChI is InChI=1S/C17H15NO2/c18-17(19)20-10-9-16-14-7-3-1-5-12(14)11-13-6-2-4-8-15(13)16/h1-8,11H,9-10H2,(H2,18,19). The Hall–Kier alpha value is -2.55. The molecule has 0 aromatic heterocycles. The monoisotopic (exact) mass is 265 g/mol. The van der Waals surface area contributed by atoms with E-state index >= 15 is 0 Å². The van der Waals surface area contributed by atoms with E-state index in [0.29, 0.717) is 13.0 Å². The summed E-state index contributed by atoms with van der Waals surface area (Å²) in [5.41, 5.74) is 6.22. The first kappa shape index (κ1) is 12.5. The quantitative estimate of drug-likeness (QED) is 0.735. The molecule has 100 valence electrons. The van der Waals surface area contributed by atoms with Gasteiger partial charge in [0, 0.05) is 6.42 Å². The molecule has 0 unspecified atom stereocenters. The van der Waals surface area contributed by atoms with E-state index in [4.69, 9.17) is 10.5 Å². The molecule has 0 saturated carbocycles. The molecule has 3 rings (SSSR count). The van der Waals surface area contributed by atoms with E-state index in [9.17, 15) is 4.79 Å². The van der Waals surface area contributed by atoms with Crippen LogP contribution < -0.4 is 5.73 Å². The Kier molecular flexibility index (Phi) is 3.25. The first-order chi connectivity index (χ1) is 9.75. The van der Waals surface area contributed by atoms with Gasteiger partial charge in [-0.3, -0.25) is 0 Å². The topological polar surface area (TPSA) is 52.3 Å². The highest BCUT2D eigenvalue weighted by Gasteiger charge is 2.07. The molecular formula is C17H15NO2. The van der Waals surface area contributed by atoms with Crippen molar-refractivity contribution < 1.29 is 9.53 Å². The van der Waals surface area contributed by atoms with Crippen molar-refractivity contribution in [3.63, 3.8) is 0 Å². The van der Waals surface area contributed by atoms with Crippen molar-refractivity contribution in [1.82, 2.24) is 0 Å². The lowest BCUT2D eigenvalue weighted by Gasteiger charge is -2.11. The second-order valence-electron chi connectivity index (χ2n) is 4.71. The molecule has 1 amide bonds. The summed E-state index contributed by atoms with van der Waals surface area (Å²) in [5, 5.41) is 4.78. The van der Waals surface area contributed by atoms with Gasteiger partial charge in [-0.05, 0) is 33.2 Å². The van der Waals surface area contributed by atoms with Gasteiger partial charge < -0.3 is 10.5 Å². The van der Waals surface area contributed by atoms with Gasteiger partial charge >= 0.3 is 6.09 Å². The summed E-state index contributed by atoms with van der Waals surface area (Å²) < 4.78 is 4.88. The number of hydrogen-bond acceptors (Lipinski definition) is 2. The van der Waals surface area contributed by atoms with Gasteiger partial charge in [0.1, 0.15) is 0 Å².